The monoisotopic (exact) mass is 288 g/mol. The van der Waals surface area contributed by atoms with Gasteiger partial charge < -0.3 is 9.47 Å². The van der Waals surface area contributed by atoms with Crippen LogP contribution in [0.3, 0.4) is 0 Å². The molecule has 0 bridgehead atoms. The van der Waals surface area contributed by atoms with Crippen molar-refractivity contribution in [1.29, 1.82) is 0 Å². The highest BCUT2D eigenvalue weighted by molar-refractivity contribution is 7.11. The fourth-order valence-electron chi connectivity index (χ4n) is 4.42. The van der Waals surface area contributed by atoms with Gasteiger partial charge in [-0.15, -0.1) is 7.74 Å². The largest absolute Gasteiger partial charge is 0.572 e. The van der Waals surface area contributed by atoms with Crippen LogP contribution in [0.5, 0.6) is 0 Å². The first-order valence-corrected chi connectivity index (χ1v) is 8.20. The first-order chi connectivity index (χ1) is 10.6. The molecule has 2 saturated heterocycles. The Morgan fingerprint density at radius 3 is 2.14 bits per heavy atom. The van der Waals surface area contributed by atoms with Gasteiger partial charge >= 0.3 is 0 Å². The molecular formula is C18H20B2NO-. The first-order valence-electron chi connectivity index (χ1n) is 8.20. The fraction of sp³-hybridized carbons (Fsp3) is 0.333. The Morgan fingerprint density at radius 1 is 1.05 bits per heavy atom. The molecule has 2 nitrogen and oxygen atoms in total. The number of nitrogens with zero attached hydrogens (tertiary/aromatic N) is 1. The van der Waals surface area contributed by atoms with E-state index in [1.165, 1.54) is 17.5 Å². The van der Waals surface area contributed by atoms with Gasteiger partial charge in [0.25, 0.3) is 0 Å². The van der Waals surface area contributed by atoms with E-state index < -0.39 is 12.0 Å². The van der Waals surface area contributed by atoms with E-state index in [1.54, 1.807) is 0 Å². The highest BCUT2D eigenvalue weighted by Gasteiger charge is 2.53. The molecule has 0 amide bonds. The van der Waals surface area contributed by atoms with Crippen molar-refractivity contribution in [3.05, 3.63) is 71.8 Å². The van der Waals surface area contributed by atoms with Gasteiger partial charge in [-0.2, -0.15) is 6.82 Å². The molecule has 2 aromatic rings. The van der Waals surface area contributed by atoms with Crippen LogP contribution in [0.4, 0.5) is 0 Å². The lowest BCUT2D eigenvalue weighted by Crippen LogP contribution is -2.49. The Hall–Kier alpha value is -1.51. The molecule has 0 spiro atoms. The first kappa shape index (κ1) is 14.1. The van der Waals surface area contributed by atoms with Crippen LogP contribution < -0.4 is 0 Å². The lowest BCUT2D eigenvalue weighted by Gasteiger charge is -2.41. The molecule has 2 atom stereocenters. The molecule has 2 heterocycles. The van der Waals surface area contributed by atoms with Crippen molar-refractivity contribution in [2.24, 2.45) is 0 Å². The van der Waals surface area contributed by atoms with E-state index in [-0.39, 0.29) is 0 Å². The average Bonchev–Trinajstić information content (AvgIpc) is 3.12. The van der Waals surface area contributed by atoms with Crippen LogP contribution in [0.25, 0.3) is 0 Å². The third-order valence-corrected chi connectivity index (χ3v) is 5.25. The van der Waals surface area contributed by atoms with Gasteiger partial charge in [0.15, 0.2) is 0 Å². The number of hydrogen-bond acceptors (Lipinski definition) is 2. The van der Waals surface area contributed by atoms with Gasteiger partial charge in [0.05, 0.1) is 5.60 Å². The van der Waals surface area contributed by atoms with Crippen molar-refractivity contribution in [2.45, 2.75) is 31.3 Å². The van der Waals surface area contributed by atoms with Crippen LogP contribution in [0.2, 0.25) is 6.82 Å². The minimum absolute atomic E-state index is 0.312. The van der Waals surface area contributed by atoms with E-state index in [1.807, 2.05) is 6.82 Å². The Bertz CT molecular complexity index is 620. The van der Waals surface area contributed by atoms with E-state index in [0.717, 1.165) is 13.0 Å². The number of benzene rings is 2. The van der Waals surface area contributed by atoms with Gasteiger partial charge in [-0.05, 0) is 30.5 Å². The van der Waals surface area contributed by atoms with E-state index in [0.29, 0.717) is 6.04 Å². The predicted molar refractivity (Wildman–Crippen MR) is 91.8 cm³/mol. The van der Waals surface area contributed by atoms with Gasteiger partial charge in [0, 0.05) is 6.04 Å². The zero-order valence-electron chi connectivity index (χ0n) is 13.0. The molecule has 2 aliphatic heterocycles. The summed E-state index contributed by atoms with van der Waals surface area (Å²) in [5, 5.41) is 0. The molecule has 2 radical (unpaired) electrons. The summed E-state index contributed by atoms with van der Waals surface area (Å²) in [4.78, 5) is 2.39. The van der Waals surface area contributed by atoms with Crippen LogP contribution in [0.1, 0.15) is 24.0 Å². The summed E-state index contributed by atoms with van der Waals surface area (Å²) in [5.41, 5.74) is 1.95. The zero-order chi connectivity index (χ0) is 15.2. The van der Waals surface area contributed by atoms with Crippen molar-refractivity contribution in [2.75, 3.05) is 6.54 Å². The fourth-order valence-corrected chi connectivity index (χ4v) is 4.42. The van der Waals surface area contributed by atoms with Gasteiger partial charge in [-0.1, -0.05) is 60.7 Å². The molecule has 2 aromatic carbocycles. The summed E-state index contributed by atoms with van der Waals surface area (Å²) in [6.45, 7) is 3.07. The Kier molecular flexibility index (Phi) is 3.21. The number of hydrogen-bond donors (Lipinski definition) is 0. The van der Waals surface area contributed by atoms with E-state index >= 15 is 0 Å². The van der Waals surface area contributed by atoms with Crippen LogP contribution in [-0.4, -0.2) is 31.5 Å². The van der Waals surface area contributed by atoms with Crippen LogP contribution in [0.15, 0.2) is 60.7 Å². The SMILES string of the molecule is [B][B-]1(C)OC(c2ccccc2)(c2ccccc2)[C@@H]2CCCN21. The average molecular weight is 288 g/mol. The van der Waals surface area contributed by atoms with Gasteiger partial charge in [-0.3, -0.25) is 0 Å². The van der Waals surface area contributed by atoms with Crippen molar-refractivity contribution in [1.82, 2.24) is 4.81 Å². The quantitative estimate of drug-likeness (QED) is 0.787. The molecule has 2 fully saturated rings. The summed E-state index contributed by atoms with van der Waals surface area (Å²) in [7, 11) is 6.58. The maximum absolute atomic E-state index is 6.64. The summed E-state index contributed by atoms with van der Waals surface area (Å²) >= 11 is 0. The van der Waals surface area contributed by atoms with Crippen molar-refractivity contribution in [3.8, 4) is 0 Å². The molecule has 4 rings (SSSR count). The maximum atomic E-state index is 6.64. The zero-order valence-corrected chi connectivity index (χ0v) is 13.0. The van der Waals surface area contributed by atoms with Gasteiger partial charge in [-0.25, -0.2) is 0 Å². The Morgan fingerprint density at radius 2 is 1.59 bits per heavy atom. The normalized spacial score (nSPS) is 30.3. The van der Waals surface area contributed by atoms with Crippen molar-refractivity contribution >= 4 is 14.1 Å². The lowest BCUT2D eigenvalue weighted by atomic mass is 9.34. The second kappa shape index (κ2) is 5.00. The third-order valence-electron chi connectivity index (χ3n) is 5.25. The molecular weight excluding hydrogens is 268 g/mol. The summed E-state index contributed by atoms with van der Waals surface area (Å²) in [6, 6.07) is 21.4. The lowest BCUT2D eigenvalue weighted by molar-refractivity contribution is 0.104. The minimum Gasteiger partial charge on any atom is -0.572 e. The highest BCUT2D eigenvalue weighted by atomic mass is 16.5. The highest BCUT2D eigenvalue weighted by Crippen LogP contribution is 2.51. The number of fused-ring (bicyclic) bond motifs is 1. The Labute approximate surface area is 133 Å². The van der Waals surface area contributed by atoms with Crippen LogP contribution >= 0.6 is 0 Å². The molecule has 2 aliphatic rings. The van der Waals surface area contributed by atoms with Crippen molar-refractivity contribution < 1.29 is 4.65 Å². The molecule has 0 aromatic heterocycles. The topological polar surface area (TPSA) is 12.5 Å². The molecule has 22 heavy (non-hydrogen) atoms. The molecule has 110 valence electrons. The van der Waals surface area contributed by atoms with E-state index in [2.05, 4.69) is 65.5 Å². The molecule has 1 unspecified atom stereocenters. The van der Waals surface area contributed by atoms with Gasteiger partial charge in [0.2, 0.25) is 0 Å². The maximum Gasteiger partial charge on any atom is 0.128 e. The van der Waals surface area contributed by atoms with E-state index in [4.69, 9.17) is 12.4 Å². The second-order valence-corrected chi connectivity index (χ2v) is 6.70. The molecule has 0 N–H and O–H groups in total. The molecule has 0 saturated carbocycles. The standard InChI is InChI=1S/C18H20B2NO/c1-20(19)21-14-8-13-17(21)18(22-20,15-9-4-2-5-10-15)16-11-6-3-7-12-16/h2-7,9-12,17H,8,13-14H2,1H3/q-1/t17-,20?/m0/s1. The second-order valence-electron chi connectivity index (χ2n) is 6.70. The smallest absolute Gasteiger partial charge is 0.128 e. The molecule has 4 heteroatoms. The van der Waals surface area contributed by atoms with Crippen molar-refractivity contribution in [3.63, 3.8) is 0 Å². The minimum atomic E-state index is -1.45. The van der Waals surface area contributed by atoms with Crippen LogP contribution in [0, 0.1) is 0 Å². The van der Waals surface area contributed by atoms with Crippen LogP contribution in [-0.2, 0) is 10.3 Å². The van der Waals surface area contributed by atoms with E-state index in [9.17, 15) is 0 Å². The summed E-state index contributed by atoms with van der Waals surface area (Å²) in [6.07, 6.45) is 0.855. The summed E-state index contributed by atoms with van der Waals surface area (Å²) in [5.74, 6) is 0. The predicted octanol–water partition coefficient (Wildman–Crippen LogP) is 3.16. The Balaban J connectivity index is 1.95. The van der Waals surface area contributed by atoms with Gasteiger partial charge in [0.1, 0.15) is 6.37 Å². The summed E-state index contributed by atoms with van der Waals surface area (Å²) < 4.78 is 6.64. The molecule has 0 aliphatic carbocycles. The number of rotatable bonds is 2. The third kappa shape index (κ3) is 1.90.